The van der Waals surface area contributed by atoms with E-state index >= 15 is 0 Å². The molecular formula is C25H19BrClNO3S3. The Labute approximate surface area is 225 Å². The van der Waals surface area contributed by atoms with Gasteiger partial charge in [0.25, 0.3) is 5.91 Å². The molecule has 1 aliphatic heterocycles. The molecule has 4 nitrogen and oxygen atoms in total. The number of carbonyl (C=O) groups is 1. The summed E-state index contributed by atoms with van der Waals surface area (Å²) in [6.07, 6.45) is 3.80. The molecule has 0 aromatic heterocycles. The van der Waals surface area contributed by atoms with Gasteiger partial charge in [0.05, 0.1) is 22.2 Å². The number of halogens is 2. The van der Waals surface area contributed by atoms with Crippen LogP contribution < -0.4 is 14.4 Å². The highest BCUT2D eigenvalue weighted by molar-refractivity contribution is 9.10. The fourth-order valence-electron chi connectivity index (χ4n) is 3.32. The Morgan fingerprint density at radius 3 is 2.71 bits per heavy atom. The third-order valence-corrected chi connectivity index (χ3v) is 7.97. The summed E-state index contributed by atoms with van der Waals surface area (Å²) >= 11 is 18.2. The van der Waals surface area contributed by atoms with Crippen LogP contribution in [0.15, 0.2) is 74.9 Å². The maximum absolute atomic E-state index is 13.2. The van der Waals surface area contributed by atoms with Gasteiger partial charge in [0.15, 0.2) is 15.8 Å². The molecule has 3 aromatic rings. The molecule has 0 atom stereocenters. The molecule has 0 unspecified atom stereocenters. The molecule has 0 saturated carbocycles. The average molecular weight is 593 g/mol. The Morgan fingerprint density at radius 1 is 1.18 bits per heavy atom. The molecule has 9 heteroatoms. The van der Waals surface area contributed by atoms with E-state index in [1.54, 1.807) is 23.8 Å². The molecule has 0 aliphatic carbocycles. The summed E-state index contributed by atoms with van der Waals surface area (Å²) < 4.78 is 12.8. The van der Waals surface area contributed by atoms with Gasteiger partial charge in [0.1, 0.15) is 6.61 Å². The third kappa shape index (κ3) is 5.47. The molecular weight excluding hydrogens is 574 g/mol. The van der Waals surface area contributed by atoms with Gasteiger partial charge in [0.2, 0.25) is 0 Å². The number of rotatable bonds is 7. The molecule has 1 saturated heterocycles. The maximum Gasteiger partial charge on any atom is 0.270 e. The molecule has 3 aromatic carbocycles. The van der Waals surface area contributed by atoms with Crippen molar-refractivity contribution in [2.45, 2.75) is 11.5 Å². The van der Waals surface area contributed by atoms with Crippen molar-refractivity contribution in [2.24, 2.45) is 0 Å². The first-order chi connectivity index (χ1) is 16.4. The first-order valence-electron chi connectivity index (χ1n) is 10.1. The van der Waals surface area contributed by atoms with Gasteiger partial charge in [-0.1, -0.05) is 59.8 Å². The van der Waals surface area contributed by atoms with E-state index in [0.717, 1.165) is 21.7 Å². The van der Waals surface area contributed by atoms with E-state index in [4.69, 9.17) is 33.3 Å². The highest BCUT2D eigenvalue weighted by Crippen LogP contribution is 2.41. The molecule has 0 N–H and O–H groups in total. The van der Waals surface area contributed by atoms with Crippen molar-refractivity contribution in [3.8, 4) is 11.5 Å². The first-order valence-corrected chi connectivity index (χ1v) is 13.7. The highest BCUT2D eigenvalue weighted by atomic mass is 79.9. The lowest BCUT2D eigenvalue weighted by Gasteiger charge is -2.15. The van der Waals surface area contributed by atoms with Crippen LogP contribution in [0.1, 0.15) is 11.1 Å². The number of carbonyl (C=O) groups excluding carboxylic acids is 1. The molecule has 34 heavy (non-hydrogen) atoms. The average Bonchev–Trinajstić information content (AvgIpc) is 3.11. The zero-order valence-corrected chi connectivity index (χ0v) is 23.0. The lowest BCUT2D eigenvalue weighted by atomic mass is 10.1. The van der Waals surface area contributed by atoms with Crippen LogP contribution in [-0.4, -0.2) is 23.6 Å². The monoisotopic (exact) mass is 591 g/mol. The van der Waals surface area contributed by atoms with E-state index in [9.17, 15) is 4.79 Å². The number of methoxy groups -OCH3 is 1. The summed E-state index contributed by atoms with van der Waals surface area (Å²) in [5.74, 6) is 0.944. The van der Waals surface area contributed by atoms with Gasteiger partial charge in [-0.2, -0.15) is 0 Å². The summed E-state index contributed by atoms with van der Waals surface area (Å²) in [4.78, 5) is 16.4. The highest BCUT2D eigenvalue weighted by Gasteiger charge is 2.33. The SMILES string of the molecule is COc1cc(/C=C2/SC(=S)N(c3cccc(SC)c3)C2=O)cc(Br)c1OCc1ccccc1Cl. The lowest BCUT2D eigenvalue weighted by Crippen LogP contribution is -2.27. The lowest BCUT2D eigenvalue weighted by molar-refractivity contribution is -0.113. The fraction of sp³-hybridized carbons (Fsp3) is 0.120. The van der Waals surface area contributed by atoms with E-state index in [2.05, 4.69) is 15.9 Å². The zero-order valence-electron chi connectivity index (χ0n) is 18.2. The van der Waals surface area contributed by atoms with E-state index in [-0.39, 0.29) is 5.91 Å². The van der Waals surface area contributed by atoms with Crippen LogP contribution in [0.4, 0.5) is 5.69 Å². The second kappa shape index (κ2) is 11.2. The van der Waals surface area contributed by atoms with Crippen LogP contribution >= 0.6 is 63.3 Å². The third-order valence-electron chi connectivity index (χ3n) is 4.98. The van der Waals surface area contributed by atoms with E-state index in [1.807, 2.05) is 73.0 Å². The number of thiocarbonyl (C=S) groups is 1. The standard InChI is InChI=1S/C25H19BrClNO3S3/c1-30-21-11-15(10-19(26)23(21)31-14-16-6-3-4-9-20(16)27)12-22-24(29)28(25(32)34-22)17-7-5-8-18(13-17)33-2/h3-13H,14H2,1-2H3/b22-12+. The fourth-order valence-corrected chi connectivity index (χ4v) is 5.84. The number of hydrogen-bond acceptors (Lipinski definition) is 6. The normalized spacial score (nSPS) is 14.7. The molecule has 1 heterocycles. The number of benzene rings is 3. The number of anilines is 1. The molecule has 174 valence electrons. The van der Waals surface area contributed by atoms with Crippen LogP contribution in [0.3, 0.4) is 0 Å². The summed E-state index contributed by atoms with van der Waals surface area (Å²) in [5, 5.41) is 0.638. The van der Waals surface area contributed by atoms with Crippen molar-refractivity contribution in [1.29, 1.82) is 0 Å². The second-order valence-electron chi connectivity index (χ2n) is 7.13. The Morgan fingerprint density at radius 2 is 1.97 bits per heavy atom. The molecule has 1 amide bonds. The number of amides is 1. The van der Waals surface area contributed by atoms with Crippen LogP contribution in [0, 0.1) is 0 Å². The predicted octanol–water partition coefficient (Wildman–Crippen LogP) is 7.82. The molecule has 4 rings (SSSR count). The van der Waals surface area contributed by atoms with Crippen molar-refractivity contribution in [3.05, 3.63) is 86.2 Å². The van der Waals surface area contributed by atoms with E-state index in [0.29, 0.717) is 36.8 Å². The maximum atomic E-state index is 13.2. The van der Waals surface area contributed by atoms with Crippen LogP contribution in [0.25, 0.3) is 6.08 Å². The van der Waals surface area contributed by atoms with Crippen molar-refractivity contribution in [2.75, 3.05) is 18.3 Å². The molecule has 0 bridgehead atoms. The summed E-state index contributed by atoms with van der Waals surface area (Å²) in [5.41, 5.74) is 2.42. The molecule has 1 aliphatic rings. The van der Waals surface area contributed by atoms with Gasteiger partial charge in [-0.3, -0.25) is 9.69 Å². The number of thioether (sulfide) groups is 2. The summed E-state index contributed by atoms with van der Waals surface area (Å²) in [6, 6.07) is 19.0. The van der Waals surface area contributed by atoms with Gasteiger partial charge >= 0.3 is 0 Å². The smallest absolute Gasteiger partial charge is 0.270 e. The second-order valence-corrected chi connectivity index (χ2v) is 10.9. The number of hydrogen-bond donors (Lipinski definition) is 0. The number of ether oxygens (including phenoxy) is 2. The van der Waals surface area contributed by atoms with Crippen molar-refractivity contribution in [3.63, 3.8) is 0 Å². The van der Waals surface area contributed by atoms with Crippen molar-refractivity contribution >= 4 is 85.3 Å². The Bertz CT molecular complexity index is 1300. The summed E-state index contributed by atoms with van der Waals surface area (Å²) in [7, 11) is 1.58. The van der Waals surface area contributed by atoms with E-state index < -0.39 is 0 Å². The minimum absolute atomic E-state index is 0.151. The van der Waals surface area contributed by atoms with Crippen molar-refractivity contribution in [1.82, 2.24) is 0 Å². The minimum Gasteiger partial charge on any atom is -0.493 e. The topological polar surface area (TPSA) is 38.8 Å². The first kappa shape index (κ1) is 25.1. The Balaban J connectivity index is 1.59. The Hall–Kier alpha value is -1.97. The molecule has 0 spiro atoms. The number of nitrogens with zero attached hydrogens (tertiary/aromatic N) is 1. The van der Waals surface area contributed by atoms with Crippen LogP contribution in [-0.2, 0) is 11.4 Å². The predicted molar refractivity (Wildman–Crippen MR) is 150 cm³/mol. The molecule has 1 fully saturated rings. The minimum atomic E-state index is -0.151. The van der Waals surface area contributed by atoms with Gasteiger partial charge in [-0.15, -0.1) is 11.8 Å². The zero-order chi connectivity index (χ0) is 24.2. The quantitative estimate of drug-likeness (QED) is 0.158. The van der Waals surface area contributed by atoms with Gasteiger partial charge in [-0.05, 0) is 70.2 Å². The van der Waals surface area contributed by atoms with Crippen LogP contribution in [0.2, 0.25) is 5.02 Å². The van der Waals surface area contributed by atoms with E-state index in [1.165, 1.54) is 11.8 Å². The van der Waals surface area contributed by atoms with Gasteiger partial charge in [-0.25, -0.2) is 0 Å². The Kier molecular flexibility index (Phi) is 8.26. The van der Waals surface area contributed by atoms with Crippen molar-refractivity contribution < 1.29 is 14.3 Å². The largest absolute Gasteiger partial charge is 0.493 e. The van der Waals surface area contributed by atoms with Crippen LogP contribution in [0.5, 0.6) is 11.5 Å². The van der Waals surface area contributed by atoms with Gasteiger partial charge < -0.3 is 9.47 Å². The summed E-state index contributed by atoms with van der Waals surface area (Å²) in [6.45, 7) is 0.293. The molecule has 0 radical (unpaired) electrons. The van der Waals surface area contributed by atoms with Gasteiger partial charge in [0, 0.05) is 15.5 Å².